The zero-order valence-corrected chi connectivity index (χ0v) is 17.9. The maximum atomic E-state index is 12.6. The minimum absolute atomic E-state index is 0.00398. The summed E-state index contributed by atoms with van der Waals surface area (Å²) < 4.78 is 33.2. The third-order valence-electron chi connectivity index (χ3n) is 4.80. The van der Waals surface area contributed by atoms with Crippen LogP contribution in [0.25, 0.3) is 6.08 Å². The van der Waals surface area contributed by atoms with Crippen LogP contribution in [0.1, 0.15) is 16.7 Å². The van der Waals surface area contributed by atoms with E-state index in [0.717, 1.165) is 11.1 Å². The normalized spacial score (nSPS) is 13.4. The van der Waals surface area contributed by atoms with Crippen molar-refractivity contribution in [2.45, 2.75) is 17.9 Å². The van der Waals surface area contributed by atoms with Crippen molar-refractivity contribution in [1.82, 2.24) is 10.2 Å². The maximum absolute atomic E-state index is 12.6. The molecule has 0 radical (unpaired) electrons. The van der Waals surface area contributed by atoms with Crippen LogP contribution in [-0.2, 0) is 32.6 Å². The molecule has 31 heavy (non-hydrogen) atoms. The van der Waals surface area contributed by atoms with Gasteiger partial charge in [0.15, 0.2) is 11.5 Å². The summed E-state index contributed by atoms with van der Waals surface area (Å²) in [6, 6.07) is 9.41. The topological polar surface area (TPSA) is 128 Å². The van der Waals surface area contributed by atoms with E-state index in [1.807, 2.05) is 0 Å². The lowest BCUT2D eigenvalue weighted by Crippen LogP contribution is -2.37. The average molecular weight is 445 g/mol. The zero-order chi connectivity index (χ0) is 22.6. The minimum Gasteiger partial charge on any atom is -0.493 e. The van der Waals surface area contributed by atoms with Crippen molar-refractivity contribution in [2.24, 2.45) is 5.14 Å². The highest BCUT2D eigenvalue weighted by molar-refractivity contribution is 7.89. The molecule has 0 atom stereocenters. The fourth-order valence-electron chi connectivity index (χ4n) is 3.11. The Bertz CT molecular complexity index is 1130. The van der Waals surface area contributed by atoms with Crippen molar-refractivity contribution >= 4 is 27.9 Å². The molecule has 2 amide bonds. The van der Waals surface area contributed by atoms with Gasteiger partial charge in [-0.2, -0.15) is 0 Å². The second kappa shape index (κ2) is 9.19. The van der Waals surface area contributed by atoms with Gasteiger partial charge in [-0.05, 0) is 47.0 Å². The predicted octanol–water partition coefficient (Wildman–Crippen LogP) is 1.02. The fraction of sp³-hybridized carbons (Fsp3) is 0.238. The van der Waals surface area contributed by atoms with Gasteiger partial charge in [-0.25, -0.2) is 13.6 Å². The highest BCUT2D eigenvalue weighted by Crippen LogP contribution is 2.32. The first kappa shape index (κ1) is 22.3. The highest BCUT2D eigenvalue weighted by atomic mass is 32.2. The molecule has 2 aromatic rings. The van der Waals surface area contributed by atoms with Crippen molar-refractivity contribution < 1.29 is 27.5 Å². The van der Waals surface area contributed by atoms with Gasteiger partial charge in [0.05, 0.1) is 25.5 Å². The molecule has 3 N–H and O–H groups in total. The van der Waals surface area contributed by atoms with Crippen LogP contribution in [0, 0.1) is 0 Å². The molecule has 164 valence electrons. The van der Waals surface area contributed by atoms with E-state index in [-0.39, 0.29) is 36.2 Å². The molecule has 9 nitrogen and oxygen atoms in total. The van der Waals surface area contributed by atoms with Gasteiger partial charge in [0.2, 0.25) is 21.8 Å². The number of nitrogens with two attached hydrogens (primary N) is 1. The lowest BCUT2D eigenvalue weighted by atomic mass is 10.0. The number of fused-ring (bicyclic) bond motifs is 1. The number of primary sulfonamides is 1. The molecule has 10 heteroatoms. The molecule has 0 unspecified atom stereocenters. The smallest absolute Gasteiger partial charge is 0.240 e. The summed E-state index contributed by atoms with van der Waals surface area (Å²) in [4.78, 5) is 26.3. The van der Waals surface area contributed by atoms with E-state index < -0.39 is 10.0 Å². The Morgan fingerprint density at radius 3 is 2.39 bits per heavy atom. The SMILES string of the molecule is COc1cc2c(cc1OC)CC(=O)N(CC(=O)NCc1ccc(S(N)(=O)=O)cc1)C=C2. The van der Waals surface area contributed by atoms with Crippen LogP contribution in [0.3, 0.4) is 0 Å². The first-order chi connectivity index (χ1) is 14.7. The lowest BCUT2D eigenvalue weighted by molar-refractivity contribution is -0.132. The van der Waals surface area contributed by atoms with Gasteiger partial charge in [-0.15, -0.1) is 0 Å². The lowest BCUT2D eigenvalue weighted by Gasteiger charge is -2.17. The van der Waals surface area contributed by atoms with Gasteiger partial charge in [-0.1, -0.05) is 12.1 Å². The van der Waals surface area contributed by atoms with E-state index in [0.29, 0.717) is 17.1 Å². The zero-order valence-electron chi connectivity index (χ0n) is 17.1. The van der Waals surface area contributed by atoms with Crippen LogP contribution in [-0.4, -0.2) is 45.9 Å². The Morgan fingerprint density at radius 1 is 1.13 bits per heavy atom. The molecule has 0 aliphatic carbocycles. The number of methoxy groups -OCH3 is 2. The Hall–Kier alpha value is -3.37. The molecule has 2 aromatic carbocycles. The predicted molar refractivity (Wildman–Crippen MR) is 114 cm³/mol. The molecule has 0 bridgehead atoms. The molecular weight excluding hydrogens is 422 g/mol. The first-order valence-electron chi connectivity index (χ1n) is 9.32. The highest BCUT2D eigenvalue weighted by Gasteiger charge is 2.21. The summed E-state index contributed by atoms with van der Waals surface area (Å²) in [5.74, 6) is 0.504. The summed E-state index contributed by atoms with van der Waals surface area (Å²) in [5.41, 5.74) is 2.28. The third kappa shape index (κ3) is 5.41. The fourth-order valence-corrected chi connectivity index (χ4v) is 3.63. The summed E-state index contributed by atoms with van der Waals surface area (Å²) in [6.07, 6.45) is 3.44. The minimum atomic E-state index is -3.77. The standard InChI is InChI=1S/C21H23N3O6S/c1-29-18-9-15-7-8-24(21(26)11-16(15)10-19(18)30-2)13-20(25)23-12-14-3-5-17(6-4-14)31(22,27)28/h3-10H,11-13H2,1-2H3,(H,23,25)(H2,22,27,28). The van der Waals surface area contributed by atoms with Gasteiger partial charge >= 0.3 is 0 Å². The molecule has 1 heterocycles. The number of carbonyl (C=O) groups is 2. The number of nitrogens with one attached hydrogen (secondary N) is 1. The summed E-state index contributed by atoms with van der Waals surface area (Å²) >= 11 is 0. The Balaban J connectivity index is 1.63. The first-order valence-corrected chi connectivity index (χ1v) is 10.9. The number of ether oxygens (including phenoxy) is 2. The number of carbonyl (C=O) groups excluding carboxylic acids is 2. The third-order valence-corrected chi connectivity index (χ3v) is 5.73. The van der Waals surface area contributed by atoms with Crippen LogP contribution in [0.5, 0.6) is 11.5 Å². The molecular formula is C21H23N3O6S. The van der Waals surface area contributed by atoms with Crippen LogP contribution in [0.4, 0.5) is 0 Å². The quantitative estimate of drug-likeness (QED) is 0.655. The molecule has 0 spiro atoms. The Kier molecular flexibility index (Phi) is 6.62. The van der Waals surface area contributed by atoms with E-state index in [4.69, 9.17) is 14.6 Å². The molecule has 0 saturated carbocycles. The van der Waals surface area contributed by atoms with Crippen molar-refractivity contribution in [1.29, 1.82) is 0 Å². The number of benzene rings is 2. The molecule has 3 rings (SSSR count). The van der Waals surface area contributed by atoms with Crippen molar-refractivity contribution in [3.05, 3.63) is 59.3 Å². The van der Waals surface area contributed by atoms with Crippen LogP contribution in [0.2, 0.25) is 0 Å². The Labute approximate surface area is 180 Å². The summed E-state index contributed by atoms with van der Waals surface area (Å²) in [7, 11) is -0.704. The van der Waals surface area contributed by atoms with E-state index in [2.05, 4.69) is 5.32 Å². The number of hydrogen-bond donors (Lipinski definition) is 2. The van der Waals surface area contributed by atoms with Crippen molar-refractivity contribution in [3.8, 4) is 11.5 Å². The van der Waals surface area contributed by atoms with Gasteiger partial charge in [-0.3, -0.25) is 9.59 Å². The van der Waals surface area contributed by atoms with Crippen molar-refractivity contribution in [2.75, 3.05) is 20.8 Å². The molecule has 0 aromatic heterocycles. The number of hydrogen-bond acceptors (Lipinski definition) is 6. The molecule has 1 aliphatic heterocycles. The summed E-state index contributed by atoms with van der Waals surface area (Å²) in [5, 5.41) is 7.78. The average Bonchev–Trinajstić information content (AvgIpc) is 2.89. The number of sulfonamides is 1. The number of amides is 2. The number of nitrogens with zero attached hydrogens (tertiary/aromatic N) is 1. The van der Waals surface area contributed by atoms with Crippen LogP contribution >= 0.6 is 0 Å². The monoisotopic (exact) mass is 445 g/mol. The van der Waals surface area contributed by atoms with Crippen LogP contribution < -0.4 is 19.9 Å². The Morgan fingerprint density at radius 2 is 1.77 bits per heavy atom. The van der Waals surface area contributed by atoms with Gasteiger partial charge in [0, 0.05) is 12.7 Å². The molecule has 0 fully saturated rings. The van der Waals surface area contributed by atoms with E-state index in [1.54, 1.807) is 36.5 Å². The van der Waals surface area contributed by atoms with E-state index in [1.165, 1.54) is 31.3 Å². The largest absolute Gasteiger partial charge is 0.493 e. The van der Waals surface area contributed by atoms with Gasteiger partial charge < -0.3 is 19.7 Å². The van der Waals surface area contributed by atoms with E-state index >= 15 is 0 Å². The van der Waals surface area contributed by atoms with Crippen LogP contribution in [0.15, 0.2) is 47.5 Å². The maximum Gasteiger partial charge on any atom is 0.240 e. The number of rotatable bonds is 7. The van der Waals surface area contributed by atoms with Gasteiger partial charge in [0.1, 0.15) is 6.54 Å². The second-order valence-corrected chi connectivity index (χ2v) is 8.45. The second-order valence-electron chi connectivity index (χ2n) is 6.89. The summed E-state index contributed by atoms with van der Waals surface area (Å²) in [6.45, 7) is 0.0386. The van der Waals surface area contributed by atoms with Crippen molar-refractivity contribution in [3.63, 3.8) is 0 Å². The molecule has 1 aliphatic rings. The molecule has 0 saturated heterocycles. The van der Waals surface area contributed by atoms with E-state index in [9.17, 15) is 18.0 Å². The van der Waals surface area contributed by atoms with Gasteiger partial charge in [0.25, 0.3) is 0 Å².